The molecule has 0 saturated carbocycles. The van der Waals surface area contributed by atoms with Gasteiger partial charge in [-0.25, -0.2) is 0 Å². The number of aryl methyl sites for hydroxylation is 1. The fourth-order valence-corrected chi connectivity index (χ4v) is 3.61. The van der Waals surface area contributed by atoms with Crippen molar-refractivity contribution in [3.63, 3.8) is 0 Å². The first kappa shape index (κ1) is 20.3. The highest BCUT2D eigenvalue weighted by molar-refractivity contribution is 7.11. The van der Waals surface area contributed by atoms with Crippen LogP contribution in [0.25, 0.3) is 11.4 Å². The fourth-order valence-electron chi connectivity index (χ4n) is 2.78. The predicted molar refractivity (Wildman–Crippen MR) is 126 cm³/mol. The van der Waals surface area contributed by atoms with E-state index < -0.39 is 0 Å². The second-order valence-electron chi connectivity index (χ2n) is 6.66. The van der Waals surface area contributed by atoms with E-state index in [1.807, 2.05) is 54.6 Å². The minimum absolute atomic E-state index is 0.508. The number of benzene rings is 2. The molecule has 0 radical (unpaired) electrons. The maximum Gasteiger partial charge on any atom is 0.101 e. The van der Waals surface area contributed by atoms with Crippen molar-refractivity contribution in [1.29, 1.82) is 0 Å². The molecule has 3 rings (SSSR count). The summed E-state index contributed by atoms with van der Waals surface area (Å²) in [6.45, 7) is 7.03. The molecule has 4 nitrogen and oxygen atoms in total. The third-order valence-corrected chi connectivity index (χ3v) is 5.32. The largest absolute Gasteiger partial charge is 0.398 e. The summed E-state index contributed by atoms with van der Waals surface area (Å²) in [6, 6.07) is 22.0. The van der Waals surface area contributed by atoms with Gasteiger partial charge in [0.1, 0.15) is 5.82 Å². The number of rotatable bonds is 8. The van der Waals surface area contributed by atoms with Gasteiger partial charge in [-0.2, -0.15) is 0 Å². The fraction of sp³-hybridized carbons (Fsp3) is 0.0833. The molecule has 3 aromatic rings. The highest BCUT2D eigenvalue weighted by Crippen LogP contribution is 2.19. The number of thiophene rings is 1. The molecule has 0 aliphatic heterocycles. The molecular formula is C24H26N4S. The quantitative estimate of drug-likeness (QED) is 0.399. The lowest BCUT2D eigenvalue weighted by molar-refractivity contribution is 0.910. The zero-order valence-corrected chi connectivity index (χ0v) is 17.3. The minimum Gasteiger partial charge on any atom is -0.398 e. The van der Waals surface area contributed by atoms with Gasteiger partial charge in [0.05, 0.1) is 0 Å². The first-order chi connectivity index (χ1) is 14.0. The van der Waals surface area contributed by atoms with Crippen LogP contribution >= 0.6 is 11.3 Å². The number of allylic oxidation sites excluding steroid dienone is 2. The van der Waals surface area contributed by atoms with Crippen molar-refractivity contribution in [1.82, 2.24) is 5.32 Å². The standard InChI is InChI=1S/C24H26N4S/c1-17-11-12-22(29-17)16-27-18(2)20-9-6-10-21(15-20)28-24(26)14-13-23(25)19-7-4-3-5-8-19/h3-15,27-28H,2,16,25-26H2,1H3/b23-13-,24-14+. The molecule has 29 heavy (non-hydrogen) atoms. The summed E-state index contributed by atoms with van der Waals surface area (Å²) in [7, 11) is 0. The van der Waals surface area contributed by atoms with Crippen LogP contribution in [0.5, 0.6) is 0 Å². The third-order valence-electron chi connectivity index (χ3n) is 4.32. The van der Waals surface area contributed by atoms with Crippen LogP contribution in [0.2, 0.25) is 0 Å². The molecule has 0 atom stereocenters. The molecule has 1 heterocycles. The van der Waals surface area contributed by atoms with Crippen LogP contribution in [0.4, 0.5) is 5.69 Å². The molecule has 0 amide bonds. The van der Waals surface area contributed by atoms with Crippen LogP contribution in [0.1, 0.15) is 20.9 Å². The van der Waals surface area contributed by atoms with E-state index in [-0.39, 0.29) is 0 Å². The lowest BCUT2D eigenvalue weighted by atomic mass is 10.1. The van der Waals surface area contributed by atoms with Crippen molar-refractivity contribution in [2.75, 3.05) is 5.32 Å². The van der Waals surface area contributed by atoms with Gasteiger partial charge in [-0.15, -0.1) is 11.3 Å². The molecule has 148 valence electrons. The lowest BCUT2D eigenvalue weighted by Gasteiger charge is -2.12. The van der Waals surface area contributed by atoms with Crippen LogP contribution in [-0.2, 0) is 6.54 Å². The SMILES string of the molecule is C=C(NCc1ccc(C)s1)c1cccc(N/C(N)=C/C=C(\N)c2ccccc2)c1. The monoisotopic (exact) mass is 402 g/mol. The average Bonchev–Trinajstić information content (AvgIpc) is 3.16. The highest BCUT2D eigenvalue weighted by Gasteiger charge is 2.03. The molecule has 0 unspecified atom stereocenters. The molecule has 0 fully saturated rings. The lowest BCUT2D eigenvalue weighted by Crippen LogP contribution is -2.11. The smallest absolute Gasteiger partial charge is 0.101 e. The molecule has 1 aromatic heterocycles. The third kappa shape index (κ3) is 6.02. The second-order valence-corrected chi connectivity index (χ2v) is 8.03. The van der Waals surface area contributed by atoms with Gasteiger partial charge < -0.3 is 22.1 Å². The van der Waals surface area contributed by atoms with Gasteiger partial charge in [0.25, 0.3) is 0 Å². The summed E-state index contributed by atoms with van der Waals surface area (Å²) in [5, 5.41) is 6.58. The average molecular weight is 403 g/mol. The maximum absolute atomic E-state index is 6.11. The molecular weight excluding hydrogens is 376 g/mol. The van der Waals surface area contributed by atoms with Crippen molar-refractivity contribution in [3.8, 4) is 0 Å². The number of anilines is 1. The van der Waals surface area contributed by atoms with E-state index in [2.05, 4.69) is 36.3 Å². The Labute approximate surface area is 176 Å². The molecule has 5 heteroatoms. The van der Waals surface area contributed by atoms with Gasteiger partial charge in [0, 0.05) is 33.4 Å². The van der Waals surface area contributed by atoms with E-state index in [0.717, 1.165) is 29.1 Å². The zero-order valence-electron chi connectivity index (χ0n) is 16.5. The normalized spacial score (nSPS) is 11.9. The van der Waals surface area contributed by atoms with E-state index in [9.17, 15) is 0 Å². The van der Waals surface area contributed by atoms with Gasteiger partial charge in [0.2, 0.25) is 0 Å². The minimum atomic E-state index is 0.508. The summed E-state index contributed by atoms with van der Waals surface area (Å²) in [5.41, 5.74) is 16.6. The maximum atomic E-state index is 6.11. The Kier molecular flexibility index (Phi) is 6.76. The molecule has 0 aliphatic rings. The molecule has 0 aliphatic carbocycles. The van der Waals surface area contributed by atoms with E-state index in [0.29, 0.717) is 11.5 Å². The highest BCUT2D eigenvalue weighted by atomic mass is 32.1. The van der Waals surface area contributed by atoms with Crippen molar-refractivity contribution in [2.45, 2.75) is 13.5 Å². The first-order valence-corrected chi connectivity index (χ1v) is 10.2. The number of nitrogens with one attached hydrogen (secondary N) is 2. The first-order valence-electron chi connectivity index (χ1n) is 9.35. The summed E-state index contributed by atoms with van der Waals surface area (Å²) < 4.78 is 0. The number of hydrogen-bond acceptors (Lipinski definition) is 5. The summed E-state index contributed by atoms with van der Waals surface area (Å²) in [4.78, 5) is 2.59. The van der Waals surface area contributed by atoms with Gasteiger partial charge >= 0.3 is 0 Å². The van der Waals surface area contributed by atoms with Crippen molar-refractivity contribution < 1.29 is 0 Å². The molecule has 0 bridgehead atoms. The van der Waals surface area contributed by atoms with Crippen molar-refractivity contribution in [2.24, 2.45) is 11.5 Å². The van der Waals surface area contributed by atoms with E-state index in [1.165, 1.54) is 9.75 Å². The molecule has 0 spiro atoms. The Bertz CT molecular complexity index is 1030. The zero-order chi connectivity index (χ0) is 20.6. The van der Waals surface area contributed by atoms with Crippen LogP contribution in [0, 0.1) is 6.92 Å². The summed E-state index contributed by atoms with van der Waals surface area (Å²) in [6.07, 6.45) is 3.56. The van der Waals surface area contributed by atoms with Gasteiger partial charge in [-0.05, 0) is 54.5 Å². The Morgan fingerprint density at radius 1 is 0.966 bits per heavy atom. The topological polar surface area (TPSA) is 76.1 Å². The molecule has 0 saturated heterocycles. The van der Waals surface area contributed by atoms with E-state index in [1.54, 1.807) is 23.5 Å². The summed E-state index contributed by atoms with van der Waals surface area (Å²) in [5.74, 6) is 0.508. The number of hydrogen-bond donors (Lipinski definition) is 4. The molecule has 2 aromatic carbocycles. The van der Waals surface area contributed by atoms with E-state index >= 15 is 0 Å². The summed E-state index contributed by atoms with van der Waals surface area (Å²) >= 11 is 1.79. The van der Waals surface area contributed by atoms with Gasteiger partial charge in [0.15, 0.2) is 0 Å². The number of nitrogens with two attached hydrogens (primary N) is 2. The second kappa shape index (κ2) is 9.66. The van der Waals surface area contributed by atoms with Gasteiger partial charge in [-0.1, -0.05) is 49.0 Å². The Morgan fingerprint density at radius 3 is 2.45 bits per heavy atom. The van der Waals surface area contributed by atoms with Crippen molar-refractivity contribution >= 4 is 28.4 Å². The Hall–Kier alpha value is -3.44. The predicted octanol–water partition coefficient (Wildman–Crippen LogP) is 5.03. The van der Waals surface area contributed by atoms with Crippen molar-refractivity contribution in [3.05, 3.63) is 112 Å². The Morgan fingerprint density at radius 2 is 1.72 bits per heavy atom. The van der Waals surface area contributed by atoms with Crippen LogP contribution in [0.15, 0.2) is 91.3 Å². The van der Waals surface area contributed by atoms with Gasteiger partial charge in [-0.3, -0.25) is 0 Å². The van der Waals surface area contributed by atoms with E-state index in [4.69, 9.17) is 11.5 Å². The molecule has 6 N–H and O–H groups in total. The Balaban J connectivity index is 1.62. The van der Waals surface area contributed by atoms with Crippen LogP contribution in [0.3, 0.4) is 0 Å². The van der Waals surface area contributed by atoms with Crippen LogP contribution < -0.4 is 22.1 Å². The van der Waals surface area contributed by atoms with Crippen LogP contribution in [-0.4, -0.2) is 0 Å².